The Bertz CT molecular complexity index is 2340. The Balaban J connectivity index is 0.000000254. The van der Waals surface area contributed by atoms with E-state index in [9.17, 15) is 26.4 Å². The predicted octanol–water partition coefficient (Wildman–Crippen LogP) is 9.83. The fraction of sp³-hybridized carbons (Fsp3) is 0.560. The van der Waals surface area contributed by atoms with Crippen LogP contribution < -0.4 is 26.0 Å². The zero-order valence-electron chi connectivity index (χ0n) is 40.1. The number of halogens is 1. The molecule has 0 radical (unpaired) electrons. The number of hydrogen-bond acceptors (Lipinski definition) is 11. The highest BCUT2D eigenvalue weighted by molar-refractivity contribution is 7.91. The average Bonchev–Trinajstić information content (AvgIpc) is 4.06. The number of carbonyl (C=O) groups is 2. The molecule has 0 spiro atoms. The number of thiophene rings is 2. The van der Waals surface area contributed by atoms with Crippen molar-refractivity contribution in [2.45, 2.75) is 144 Å². The number of nitrogens with zero attached hydrogens (tertiary/aromatic N) is 2. The second-order valence-electron chi connectivity index (χ2n) is 17.5. The second kappa shape index (κ2) is 29.1. The monoisotopic (exact) mass is 1030 g/mol. The van der Waals surface area contributed by atoms with Crippen molar-refractivity contribution in [3.8, 4) is 5.75 Å². The Labute approximate surface area is 419 Å². The number of unbranched alkanes of at least 4 members (excludes halogenated alkanes) is 9. The Kier molecular flexibility index (Phi) is 23.7. The summed E-state index contributed by atoms with van der Waals surface area (Å²) in [5, 5.41) is 13.5. The molecule has 0 bridgehead atoms. The number of rotatable bonds is 26. The molecule has 4 N–H and O–H groups in total. The van der Waals surface area contributed by atoms with Gasteiger partial charge in [-0.05, 0) is 118 Å². The number of carbonyl (C=O) groups excluding carboxylic acids is 2. The largest absolute Gasteiger partial charge is 0.497 e. The molecule has 13 nitrogen and oxygen atoms in total. The molecule has 68 heavy (non-hydrogen) atoms. The van der Waals surface area contributed by atoms with Crippen molar-refractivity contribution in [2.24, 2.45) is 0 Å². The number of nitrogens with one attached hydrogen (secondary N) is 4. The molecule has 6 rings (SSSR count). The van der Waals surface area contributed by atoms with Crippen molar-refractivity contribution in [3.05, 3.63) is 98.7 Å². The van der Waals surface area contributed by atoms with Gasteiger partial charge in [0.2, 0.25) is 0 Å². The molecule has 2 saturated heterocycles. The van der Waals surface area contributed by atoms with E-state index in [2.05, 4.69) is 35.1 Å². The Morgan fingerprint density at radius 3 is 1.50 bits per heavy atom. The molecule has 18 heteroatoms. The standard InChI is InChI=1S/C25H36ClN3O3S2.C25H37N3O4S2/c1-2-3-4-5-6-7-16-27-22-14-17-29(18-15-22)34(31,32)24-13-12-23(33-24)19-28-25(30)20-8-10-21(26)11-9-20;1-3-4-5-6-7-15-26-21-13-16-28(17-14-21)34(30,31)24-12-11-23(33-24)19-27-25(29)20-9-8-10-22(18-20)32-2/h8-13,22,27H,2-7,14-19H2,1H3,(H,28,30);8-12,18,21,26H,3-7,13-17,19H2,1-2H3,(H,27,29). The van der Waals surface area contributed by atoms with Crippen LogP contribution in [0.1, 0.15) is 141 Å². The van der Waals surface area contributed by atoms with Gasteiger partial charge in [-0.15, -0.1) is 22.7 Å². The topological polar surface area (TPSA) is 166 Å². The van der Waals surface area contributed by atoms with Gasteiger partial charge in [0.1, 0.15) is 14.2 Å². The van der Waals surface area contributed by atoms with Gasteiger partial charge in [-0.25, -0.2) is 16.8 Å². The van der Waals surface area contributed by atoms with E-state index >= 15 is 0 Å². The van der Waals surface area contributed by atoms with Gasteiger partial charge in [0.15, 0.2) is 0 Å². The van der Waals surface area contributed by atoms with Crippen molar-refractivity contribution in [3.63, 3.8) is 0 Å². The zero-order chi connectivity index (χ0) is 48.8. The lowest BCUT2D eigenvalue weighted by Gasteiger charge is -2.31. The van der Waals surface area contributed by atoms with Gasteiger partial charge >= 0.3 is 0 Å². The molecule has 2 aromatic heterocycles. The van der Waals surface area contributed by atoms with Crippen LogP contribution in [-0.4, -0.2) is 95.7 Å². The lowest BCUT2D eigenvalue weighted by atomic mass is 10.1. The smallest absolute Gasteiger partial charge is 0.252 e. The molecular weight excluding hydrogens is 960 g/mol. The third-order valence-corrected chi connectivity index (χ3v) is 19.5. The van der Waals surface area contributed by atoms with E-state index in [0.717, 1.165) is 48.5 Å². The van der Waals surface area contributed by atoms with Gasteiger partial charge in [-0.1, -0.05) is 89.3 Å². The molecule has 2 fully saturated rings. The summed E-state index contributed by atoms with van der Waals surface area (Å²) >= 11 is 8.30. The van der Waals surface area contributed by atoms with Crippen molar-refractivity contribution in [2.75, 3.05) is 46.4 Å². The summed E-state index contributed by atoms with van der Waals surface area (Å²) in [6.45, 7) is 9.19. The summed E-state index contributed by atoms with van der Waals surface area (Å²) in [6.07, 6.45) is 17.3. The van der Waals surface area contributed by atoms with Crippen LogP contribution in [0.15, 0.2) is 81.2 Å². The third kappa shape index (κ3) is 17.8. The number of piperidine rings is 2. The summed E-state index contributed by atoms with van der Waals surface area (Å²) in [5.41, 5.74) is 1.02. The second-order valence-corrected chi connectivity index (χ2v) is 24.6. The van der Waals surface area contributed by atoms with E-state index in [1.54, 1.807) is 88.5 Å². The molecule has 0 atom stereocenters. The van der Waals surface area contributed by atoms with Crippen molar-refractivity contribution >= 4 is 66.1 Å². The Hall–Kier alpha value is -3.39. The van der Waals surface area contributed by atoms with Gasteiger partial charge in [-0.3, -0.25) is 9.59 Å². The SMILES string of the molecule is CCCCCCCCNC1CCN(S(=O)(=O)c2ccc(CNC(=O)c3ccc(Cl)cc3)s2)CC1.CCCCCCCNC1CCN(S(=O)(=O)c2ccc(CNC(=O)c3cccc(OC)c3)s2)CC1. The number of ether oxygens (including phenoxy) is 1. The first-order valence-electron chi connectivity index (χ1n) is 24.4. The quantitative estimate of drug-likeness (QED) is 0.0448. The van der Waals surface area contributed by atoms with Gasteiger partial charge in [0.05, 0.1) is 20.2 Å². The lowest BCUT2D eigenvalue weighted by Crippen LogP contribution is -2.44. The molecule has 0 aliphatic carbocycles. The summed E-state index contributed by atoms with van der Waals surface area (Å²) in [7, 11) is -5.45. The normalized spacial score (nSPS) is 15.4. The third-order valence-electron chi connectivity index (χ3n) is 12.3. The molecule has 2 amide bonds. The minimum Gasteiger partial charge on any atom is -0.497 e. The van der Waals surface area contributed by atoms with Crippen LogP contribution in [0.5, 0.6) is 5.75 Å². The van der Waals surface area contributed by atoms with Crippen molar-refractivity contribution in [1.29, 1.82) is 0 Å². The van der Waals surface area contributed by atoms with Crippen LogP contribution in [0.2, 0.25) is 5.02 Å². The Morgan fingerprint density at radius 1 is 0.603 bits per heavy atom. The summed E-state index contributed by atoms with van der Waals surface area (Å²) in [6, 6.07) is 21.2. The number of hydrogen-bond donors (Lipinski definition) is 4. The summed E-state index contributed by atoms with van der Waals surface area (Å²) in [5.74, 6) is 0.171. The summed E-state index contributed by atoms with van der Waals surface area (Å²) < 4.78 is 61.4. The molecule has 2 aliphatic heterocycles. The molecule has 4 heterocycles. The number of methoxy groups -OCH3 is 1. The number of sulfonamides is 2. The Morgan fingerprint density at radius 2 is 1.04 bits per heavy atom. The number of benzene rings is 2. The average molecular weight is 1030 g/mol. The summed E-state index contributed by atoms with van der Waals surface area (Å²) in [4.78, 5) is 26.3. The molecular formula is C50H73ClN6O7S4. The fourth-order valence-electron chi connectivity index (χ4n) is 8.19. The first-order valence-corrected chi connectivity index (χ1v) is 29.3. The van der Waals surface area contributed by atoms with Crippen molar-refractivity contribution in [1.82, 2.24) is 29.9 Å². The molecule has 0 unspecified atom stereocenters. The maximum atomic E-state index is 13.1. The molecule has 376 valence electrons. The minimum absolute atomic E-state index is 0.218. The predicted molar refractivity (Wildman–Crippen MR) is 277 cm³/mol. The highest BCUT2D eigenvalue weighted by Crippen LogP contribution is 2.29. The van der Waals surface area contributed by atoms with Crippen LogP contribution >= 0.6 is 34.3 Å². The van der Waals surface area contributed by atoms with Crippen LogP contribution in [0.25, 0.3) is 0 Å². The highest BCUT2D eigenvalue weighted by atomic mass is 35.5. The van der Waals surface area contributed by atoms with E-state index in [4.69, 9.17) is 16.3 Å². The van der Waals surface area contributed by atoms with Crippen LogP contribution in [0.3, 0.4) is 0 Å². The first-order chi connectivity index (χ1) is 32.8. The molecule has 2 aromatic carbocycles. The minimum atomic E-state index is -3.50. The highest BCUT2D eigenvalue weighted by Gasteiger charge is 2.32. The van der Waals surface area contributed by atoms with Gasteiger partial charge in [0, 0.05) is 64.2 Å². The van der Waals surface area contributed by atoms with Gasteiger partial charge < -0.3 is 26.0 Å². The fourth-order valence-corrected chi connectivity index (χ4v) is 14.2. The zero-order valence-corrected chi connectivity index (χ0v) is 44.1. The lowest BCUT2D eigenvalue weighted by molar-refractivity contribution is 0.0943. The maximum absolute atomic E-state index is 13.1. The van der Waals surface area contributed by atoms with Crippen molar-refractivity contribution < 1.29 is 31.2 Å². The van der Waals surface area contributed by atoms with Gasteiger partial charge in [0.25, 0.3) is 31.9 Å². The van der Waals surface area contributed by atoms with E-state index in [1.165, 1.54) is 93.3 Å². The van der Waals surface area contributed by atoms with Gasteiger partial charge in [-0.2, -0.15) is 8.61 Å². The molecule has 4 aromatic rings. The maximum Gasteiger partial charge on any atom is 0.252 e. The molecule has 0 saturated carbocycles. The number of amides is 2. The van der Waals surface area contributed by atoms with E-state index in [1.807, 2.05) is 0 Å². The van der Waals surface area contributed by atoms with E-state index in [-0.39, 0.29) is 24.9 Å². The first kappa shape index (κ1) is 55.5. The van der Waals surface area contributed by atoms with Crippen LogP contribution in [-0.2, 0) is 33.1 Å². The van der Waals surface area contributed by atoms with E-state index in [0.29, 0.717) is 68.6 Å². The van der Waals surface area contributed by atoms with E-state index < -0.39 is 20.0 Å². The van der Waals surface area contributed by atoms with Crippen LogP contribution in [0, 0.1) is 0 Å². The van der Waals surface area contributed by atoms with Crippen LogP contribution in [0.4, 0.5) is 0 Å². The molecule has 2 aliphatic rings.